The van der Waals surface area contributed by atoms with Crippen LogP contribution in [0.3, 0.4) is 0 Å². The zero-order chi connectivity index (χ0) is 14.9. The van der Waals surface area contributed by atoms with Gasteiger partial charge in [-0.2, -0.15) is 0 Å². The zero-order valence-electron chi connectivity index (χ0n) is 12.2. The number of esters is 1. The second kappa shape index (κ2) is 5.80. The monoisotopic (exact) mass is 303 g/mol. The fourth-order valence-corrected chi connectivity index (χ4v) is 3.25. The van der Waals surface area contributed by atoms with Crippen LogP contribution in [0, 0.1) is 11.8 Å². The Kier molecular flexibility index (Phi) is 4.47. The molecule has 0 radical (unpaired) electrons. The lowest BCUT2D eigenvalue weighted by molar-refractivity contribution is -0.148. The van der Waals surface area contributed by atoms with Gasteiger partial charge in [-0.15, -0.1) is 0 Å². The lowest BCUT2D eigenvalue weighted by atomic mass is 9.82. The SMILES string of the molecule is CC(C)(C)OC(=O)N1CC2CC(C(=O)OCCl)CC1C2. The summed E-state index contributed by atoms with van der Waals surface area (Å²) in [5.41, 5.74) is -0.495. The highest BCUT2D eigenvalue weighted by molar-refractivity contribution is 6.17. The van der Waals surface area contributed by atoms with Gasteiger partial charge in [0.15, 0.2) is 6.07 Å². The van der Waals surface area contributed by atoms with Crippen LogP contribution in [0.5, 0.6) is 0 Å². The predicted octanol–water partition coefficient (Wildman–Crippen LogP) is 2.76. The van der Waals surface area contributed by atoms with Crippen molar-refractivity contribution >= 4 is 23.7 Å². The molecule has 0 aromatic heterocycles. The van der Waals surface area contributed by atoms with Crippen molar-refractivity contribution in [3.63, 3.8) is 0 Å². The van der Waals surface area contributed by atoms with Crippen LogP contribution < -0.4 is 0 Å². The van der Waals surface area contributed by atoms with E-state index < -0.39 is 5.60 Å². The molecule has 20 heavy (non-hydrogen) atoms. The smallest absolute Gasteiger partial charge is 0.410 e. The van der Waals surface area contributed by atoms with Crippen molar-refractivity contribution in [3.8, 4) is 0 Å². The summed E-state index contributed by atoms with van der Waals surface area (Å²) in [6, 6.07) is -0.0306. The summed E-state index contributed by atoms with van der Waals surface area (Å²) in [5.74, 6) is -0.0418. The topological polar surface area (TPSA) is 55.8 Å². The maximum absolute atomic E-state index is 12.2. The number of likely N-dealkylation sites (tertiary alicyclic amines) is 1. The molecule has 1 saturated carbocycles. The molecule has 2 rings (SSSR count). The number of hydrogen-bond donors (Lipinski definition) is 0. The van der Waals surface area contributed by atoms with Crippen molar-refractivity contribution in [2.75, 3.05) is 12.6 Å². The summed E-state index contributed by atoms with van der Waals surface area (Å²) in [7, 11) is 0. The molecule has 0 N–H and O–H groups in total. The molecular weight excluding hydrogens is 282 g/mol. The summed E-state index contributed by atoms with van der Waals surface area (Å²) in [6.45, 7) is 6.24. The number of rotatable bonds is 2. The Balaban J connectivity index is 1.97. The Hall–Kier alpha value is -0.970. The van der Waals surface area contributed by atoms with E-state index >= 15 is 0 Å². The molecular formula is C14H22ClNO4. The summed E-state index contributed by atoms with van der Waals surface area (Å²) < 4.78 is 10.3. The average Bonchev–Trinajstić information content (AvgIpc) is 2.62. The Morgan fingerprint density at radius 1 is 1.25 bits per heavy atom. The fourth-order valence-electron chi connectivity index (χ4n) is 3.14. The first-order valence-corrected chi connectivity index (χ1v) is 7.56. The van der Waals surface area contributed by atoms with Gasteiger partial charge in [0.1, 0.15) is 5.60 Å². The number of amides is 1. The van der Waals surface area contributed by atoms with Crippen LogP contribution in [0.2, 0.25) is 0 Å². The van der Waals surface area contributed by atoms with Crippen LogP contribution in [0.25, 0.3) is 0 Å². The number of halogens is 1. The Bertz CT molecular complexity index is 393. The first-order chi connectivity index (χ1) is 9.30. The first kappa shape index (κ1) is 15.4. The van der Waals surface area contributed by atoms with Crippen molar-refractivity contribution in [2.24, 2.45) is 11.8 Å². The Morgan fingerprint density at radius 2 is 1.95 bits per heavy atom. The van der Waals surface area contributed by atoms with Crippen molar-refractivity contribution in [3.05, 3.63) is 0 Å². The van der Waals surface area contributed by atoms with Crippen molar-refractivity contribution in [1.29, 1.82) is 0 Å². The van der Waals surface area contributed by atoms with E-state index in [1.54, 1.807) is 4.90 Å². The van der Waals surface area contributed by atoms with Gasteiger partial charge in [-0.3, -0.25) is 4.79 Å². The van der Waals surface area contributed by atoms with E-state index in [4.69, 9.17) is 21.1 Å². The fraction of sp³-hybridized carbons (Fsp3) is 0.857. The largest absolute Gasteiger partial charge is 0.449 e. The van der Waals surface area contributed by atoms with Gasteiger partial charge in [-0.1, -0.05) is 11.6 Å². The maximum atomic E-state index is 12.2. The molecule has 0 spiro atoms. The summed E-state index contributed by atoms with van der Waals surface area (Å²) in [6.07, 6.45) is 2.08. The first-order valence-electron chi connectivity index (χ1n) is 7.02. The molecule has 3 unspecified atom stereocenters. The van der Waals surface area contributed by atoms with Crippen molar-refractivity contribution < 1.29 is 19.1 Å². The highest BCUT2D eigenvalue weighted by atomic mass is 35.5. The Morgan fingerprint density at radius 3 is 2.55 bits per heavy atom. The van der Waals surface area contributed by atoms with Crippen molar-refractivity contribution in [1.82, 2.24) is 4.90 Å². The van der Waals surface area contributed by atoms with Crippen LogP contribution in [0.1, 0.15) is 40.0 Å². The third-order valence-corrected chi connectivity index (χ3v) is 3.94. The number of carbonyl (C=O) groups is 2. The van der Waals surface area contributed by atoms with E-state index in [1.807, 2.05) is 20.8 Å². The maximum Gasteiger partial charge on any atom is 0.410 e. The van der Waals surface area contributed by atoms with E-state index in [2.05, 4.69) is 0 Å². The van der Waals surface area contributed by atoms with Gasteiger partial charge >= 0.3 is 12.1 Å². The van der Waals surface area contributed by atoms with Crippen LogP contribution in [-0.2, 0) is 14.3 Å². The number of alkyl halides is 1. The van der Waals surface area contributed by atoms with Gasteiger partial charge in [0.05, 0.1) is 5.92 Å². The van der Waals surface area contributed by atoms with Crippen LogP contribution in [0.15, 0.2) is 0 Å². The molecule has 2 aliphatic rings. The highest BCUT2D eigenvalue weighted by Gasteiger charge is 2.45. The van der Waals surface area contributed by atoms with Gasteiger partial charge in [0.2, 0.25) is 0 Å². The highest BCUT2D eigenvalue weighted by Crippen LogP contribution is 2.39. The molecule has 5 nitrogen and oxygen atoms in total. The molecule has 2 fully saturated rings. The summed E-state index contributed by atoms with van der Waals surface area (Å²) in [4.78, 5) is 25.7. The second-order valence-corrected chi connectivity index (χ2v) is 6.85. The molecule has 1 heterocycles. The molecule has 1 saturated heterocycles. The lowest BCUT2D eigenvalue weighted by Gasteiger charge is -2.30. The number of carbonyl (C=O) groups excluding carboxylic acids is 2. The standard InChI is InChI=1S/C14H22ClNO4/c1-14(2,3)20-13(18)16-7-9-4-10(6-11(16)5-9)12(17)19-8-15/h9-11H,4-8H2,1-3H3. The van der Waals surface area contributed by atoms with Gasteiger partial charge in [0.25, 0.3) is 0 Å². The van der Waals surface area contributed by atoms with E-state index in [1.165, 1.54) is 0 Å². The third-order valence-electron chi connectivity index (χ3n) is 3.83. The number of nitrogens with zero attached hydrogens (tertiary/aromatic N) is 1. The van der Waals surface area contributed by atoms with Gasteiger partial charge in [0, 0.05) is 12.6 Å². The van der Waals surface area contributed by atoms with Crippen LogP contribution in [0.4, 0.5) is 4.79 Å². The minimum Gasteiger partial charge on any atom is -0.449 e. The van der Waals surface area contributed by atoms with Gasteiger partial charge in [-0.05, 0) is 46.0 Å². The zero-order valence-corrected chi connectivity index (χ0v) is 13.0. The number of hydrogen-bond acceptors (Lipinski definition) is 4. The molecule has 1 aliphatic carbocycles. The number of fused-ring (bicyclic) bond motifs is 2. The normalized spacial score (nSPS) is 29.2. The van der Waals surface area contributed by atoms with Crippen LogP contribution >= 0.6 is 11.6 Å². The van der Waals surface area contributed by atoms with Crippen LogP contribution in [-0.4, -0.2) is 41.2 Å². The van der Waals surface area contributed by atoms with Gasteiger partial charge in [-0.25, -0.2) is 4.79 Å². The van der Waals surface area contributed by atoms with Gasteiger partial charge < -0.3 is 14.4 Å². The molecule has 1 amide bonds. The van der Waals surface area contributed by atoms with E-state index in [0.29, 0.717) is 18.9 Å². The second-order valence-electron chi connectivity index (χ2n) is 6.63. The molecule has 6 heteroatoms. The molecule has 0 aromatic rings. The molecule has 114 valence electrons. The quantitative estimate of drug-likeness (QED) is 0.581. The van der Waals surface area contributed by atoms with E-state index in [9.17, 15) is 9.59 Å². The predicted molar refractivity (Wildman–Crippen MR) is 74.4 cm³/mol. The average molecular weight is 304 g/mol. The summed E-state index contributed by atoms with van der Waals surface area (Å²) in [5, 5.41) is 0. The molecule has 1 aliphatic heterocycles. The van der Waals surface area contributed by atoms with E-state index in [-0.39, 0.29) is 30.1 Å². The third kappa shape index (κ3) is 3.57. The minimum absolute atomic E-state index is 0.0801. The lowest BCUT2D eigenvalue weighted by Crippen LogP contribution is -2.40. The number of ether oxygens (including phenoxy) is 2. The minimum atomic E-state index is -0.495. The molecule has 2 bridgehead atoms. The van der Waals surface area contributed by atoms with Crippen molar-refractivity contribution in [2.45, 2.75) is 51.7 Å². The van der Waals surface area contributed by atoms with E-state index in [0.717, 1.165) is 12.8 Å². The molecule has 3 atom stereocenters. The summed E-state index contributed by atoms with van der Waals surface area (Å²) >= 11 is 5.43. The molecule has 0 aromatic carbocycles. The Labute approximate surface area is 124 Å².